The molecular weight excluding hydrogens is 997 g/mol. The molecule has 0 aliphatic heterocycles. The Bertz CT molecular complexity index is 1620. The second kappa shape index (κ2) is 68.6. The molecule has 0 aliphatic carbocycles. The van der Waals surface area contributed by atoms with Crippen LogP contribution in [-0.4, -0.2) is 37.2 Å². The van der Waals surface area contributed by atoms with Crippen LogP contribution in [0, 0.1) is 0 Å². The lowest BCUT2D eigenvalue weighted by Gasteiger charge is -2.18. The molecule has 0 aliphatic rings. The number of esters is 3. The first kappa shape index (κ1) is 77.1. The third-order valence-corrected chi connectivity index (χ3v) is 14.7. The zero-order chi connectivity index (χ0) is 58.5. The van der Waals surface area contributed by atoms with Crippen molar-refractivity contribution >= 4 is 17.9 Å². The van der Waals surface area contributed by atoms with Crippen LogP contribution in [0.5, 0.6) is 0 Å². The van der Waals surface area contributed by atoms with Crippen LogP contribution in [0.3, 0.4) is 0 Å². The molecule has 0 aromatic rings. The first-order chi connectivity index (χ1) is 40.0. The Balaban J connectivity index is 4.22. The topological polar surface area (TPSA) is 78.9 Å². The van der Waals surface area contributed by atoms with Gasteiger partial charge >= 0.3 is 17.9 Å². The van der Waals surface area contributed by atoms with Crippen LogP contribution < -0.4 is 0 Å². The van der Waals surface area contributed by atoms with E-state index in [-0.39, 0.29) is 31.1 Å². The molecule has 81 heavy (non-hydrogen) atoms. The van der Waals surface area contributed by atoms with E-state index in [0.29, 0.717) is 19.3 Å². The predicted octanol–water partition coefficient (Wildman–Crippen LogP) is 23.8. The minimum absolute atomic E-state index is 0.0848. The average Bonchev–Trinajstić information content (AvgIpc) is 3.47. The van der Waals surface area contributed by atoms with Crippen molar-refractivity contribution in [1.82, 2.24) is 0 Å². The van der Waals surface area contributed by atoms with Gasteiger partial charge in [-0.1, -0.05) is 291 Å². The normalized spacial score (nSPS) is 12.8. The first-order valence-electron chi connectivity index (χ1n) is 34.4. The summed E-state index contributed by atoms with van der Waals surface area (Å²) in [4.78, 5) is 38.3. The minimum atomic E-state index is -0.790. The fraction of sp³-hybridized carbons (Fsp3) is 0.720. The summed E-state index contributed by atoms with van der Waals surface area (Å²) in [7, 11) is 0. The zero-order valence-corrected chi connectivity index (χ0v) is 53.3. The number of hydrogen-bond donors (Lipinski definition) is 0. The molecule has 0 amide bonds. The Hall–Kier alpha value is -3.93. The van der Waals surface area contributed by atoms with E-state index in [1.807, 2.05) is 0 Å². The van der Waals surface area contributed by atoms with E-state index < -0.39 is 6.10 Å². The Kier molecular flexibility index (Phi) is 65.2. The minimum Gasteiger partial charge on any atom is -0.462 e. The van der Waals surface area contributed by atoms with Gasteiger partial charge in [0, 0.05) is 19.3 Å². The van der Waals surface area contributed by atoms with Crippen LogP contribution in [-0.2, 0) is 28.6 Å². The Morgan fingerprint density at radius 3 is 0.790 bits per heavy atom. The number of rotatable bonds is 62. The van der Waals surface area contributed by atoms with Gasteiger partial charge in [-0.15, -0.1) is 0 Å². The molecule has 6 nitrogen and oxygen atoms in total. The molecule has 0 spiro atoms. The SMILES string of the molecule is CC/C=C\C/C=C\C/C=C\C/C=C\C/C=C\C/C=C\CCCCCCCCCCCCCCCCC(=O)OCC(COC(=O)CCCCCCC/C=C\CCCCCCCC)OC(=O)CCCCCCC/C=C\C/C=C\CCCCC. The van der Waals surface area contributed by atoms with E-state index in [2.05, 4.69) is 130 Å². The molecule has 0 fully saturated rings. The van der Waals surface area contributed by atoms with Crippen molar-refractivity contribution in [3.8, 4) is 0 Å². The summed E-state index contributed by atoms with van der Waals surface area (Å²) in [5, 5.41) is 0. The van der Waals surface area contributed by atoms with Crippen molar-refractivity contribution in [2.24, 2.45) is 0 Å². The van der Waals surface area contributed by atoms with Gasteiger partial charge in [0.2, 0.25) is 0 Å². The van der Waals surface area contributed by atoms with Crippen molar-refractivity contribution in [3.05, 3.63) is 109 Å². The molecular formula is C75H128O6. The molecule has 6 heteroatoms. The summed E-state index contributed by atoms with van der Waals surface area (Å²) in [5.41, 5.74) is 0. The molecule has 1 atom stereocenters. The highest BCUT2D eigenvalue weighted by Crippen LogP contribution is 2.16. The number of allylic oxidation sites excluding steroid dienone is 18. The molecule has 0 aromatic heterocycles. The molecule has 0 radical (unpaired) electrons. The van der Waals surface area contributed by atoms with Crippen LogP contribution in [0.2, 0.25) is 0 Å². The van der Waals surface area contributed by atoms with Crippen molar-refractivity contribution in [2.45, 2.75) is 335 Å². The molecule has 0 heterocycles. The summed E-state index contributed by atoms with van der Waals surface area (Å²) < 4.78 is 16.9. The number of carbonyl (C=O) groups excluding carboxylic acids is 3. The van der Waals surface area contributed by atoms with Crippen molar-refractivity contribution in [2.75, 3.05) is 13.2 Å². The number of hydrogen-bond acceptors (Lipinski definition) is 6. The number of carbonyl (C=O) groups is 3. The van der Waals surface area contributed by atoms with E-state index in [4.69, 9.17) is 14.2 Å². The van der Waals surface area contributed by atoms with Gasteiger partial charge in [-0.2, -0.15) is 0 Å². The van der Waals surface area contributed by atoms with Gasteiger partial charge in [-0.25, -0.2) is 0 Å². The van der Waals surface area contributed by atoms with Crippen LogP contribution in [0.4, 0.5) is 0 Å². The van der Waals surface area contributed by atoms with E-state index in [1.54, 1.807) is 0 Å². The molecule has 1 unspecified atom stereocenters. The summed E-state index contributed by atoms with van der Waals surface area (Å²) in [6.45, 7) is 6.50. The largest absolute Gasteiger partial charge is 0.462 e. The Labute approximate surface area is 501 Å². The van der Waals surface area contributed by atoms with Gasteiger partial charge in [0.15, 0.2) is 6.10 Å². The van der Waals surface area contributed by atoms with Gasteiger partial charge in [0.1, 0.15) is 13.2 Å². The average molecular weight is 1130 g/mol. The second-order valence-corrected chi connectivity index (χ2v) is 22.7. The maximum atomic E-state index is 12.9. The monoisotopic (exact) mass is 1120 g/mol. The standard InChI is InChI=1S/C75H128O6/c1-4-7-10-13-16-19-22-25-28-29-30-31-32-33-34-35-36-37-38-39-40-41-42-43-44-45-48-50-53-56-59-62-65-68-74(77)80-71-72(81-75(78)69-66-63-60-57-54-51-47-27-24-21-18-15-12-9-6-3)70-79-73(76)67-64-61-58-55-52-49-46-26-23-20-17-14-11-8-5-2/h7,10,16,18-19,21,25-28,30-31,33-34,36-37,46-47,72H,4-6,8-9,11-15,17,20,22-24,29,32,35,38-45,48-71H2,1-3H3/b10-7-,19-16-,21-18-,28-25-,31-30-,34-33-,37-36-,46-26-,47-27-. The summed E-state index contributed by atoms with van der Waals surface area (Å²) in [6, 6.07) is 0. The fourth-order valence-electron chi connectivity index (χ4n) is 9.59. The zero-order valence-electron chi connectivity index (χ0n) is 53.3. The summed E-state index contributed by atoms with van der Waals surface area (Å²) in [5.74, 6) is -0.896. The molecule has 0 saturated heterocycles. The smallest absolute Gasteiger partial charge is 0.306 e. The van der Waals surface area contributed by atoms with Gasteiger partial charge in [0.25, 0.3) is 0 Å². The Morgan fingerprint density at radius 2 is 0.481 bits per heavy atom. The predicted molar refractivity (Wildman–Crippen MR) is 353 cm³/mol. The van der Waals surface area contributed by atoms with E-state index in [9.17, 15) is 14.4 Å². The van der Waals surface area contributed by atoms with E-state index in [1.165, 1.54) is 161 Å². The summed E-state index contributed by atoms with van der Waals surface area (Å²) in [6.07, 6.45) is 93.9. The lowest BCUT2D eigenvalue weighted by molar-refractivity contribution is -0.167. The third-order valence-electron chi connectivity index (χ3n) is 14.7. The lowest BCUT2D eigenvalue weighted by atomic mass is 10.0. The van der Waals surface area contributed by atoms with Crippen molar-refractivity contribution in [1.29, 1.82) is 0 Å². The van der Waals surface area contributed by atoms with Crippen molar-refractivity contribution < 1.29 is 28.6 Å². The fourth-order valence-corrected chi connectivity index (χ4v) is 9.59. The van der Waals surface area contributed by atoms with Crippen molar-refractivity contribution in [3.63, 3.8) is 0 Å². The van der Waals surface area contributed by atoms with Gasteiger partial charge in [0.05, 0.1) is 0 Å². The first-order valence-corrected chi connectivity index (χ1v) is 34.4. The molecule has 0 saturated carbocycles. The van der Waals surface area contributed by atoms with E-state index in [0.717, 1.165) is 128 Å². The molecule has 0 aromatic carbocycles. The third kappa shape index (κ3) is 66.8. The maximum Gasteiger partial charge on any atom is 0.306 e. The highest BCUT2D eigenvalue weighted by molar-refractivity contribution is 5.71. The number of ether oxygens (including phenoxy) is 3. The van der Waals surface area contributed by atoms with Crippen LogP contribution in [0.1, 0.15) is 329 Å². The lowest BCUT2D eigenvalue weighted by Crippen LogP contribution is -2.30. The quantitative estimate of drug-likeness (QED) is 0.0261. The van der Waals surface area contributed by atoms with Crippen LogP contribution in [0.15, 0.2) is 109 Å². The number of unbranched alkanes of at least 4 members (excludes halogenated alkanes) is 33. The van der Waals surface area contributed by atoms with Crippen LogP contribution in [0.25, 0.3) is 0 Å². The molecule has 0 rings (SSSR count). The van der Waals surface area contributed by atoms with Gasteiger partial charge in [-0.3, -0.25) is 14.4 Å². The second-order valence-electron chi connectivity index (χ2n) is 22.7. The van der Waals surface area contributed by atoms with Gasteiger partial charge in [-0.05, 0) is 128 Å². The molecule has 0 N–H and O–H groups in total. The Morgan fingerprint density at radius 1 is 0.259 bits per heavy atom. The maximum absolute atomic E-state index is 12.9. The van der Waals surface area contributed by atoms with Crippen LogP contribution >= 0.6 is 0 Å². The highest BCUT2D eigenvalue weighted by Gasteiger charge is 2.19. The van der Waals surface area contributed by atoms with Gasteiger partial charge < -0.3 is 14.2 Å². The molecule has 0 bridgehead atoms. The highest BCUT2D eigenvalue weighted by atomic mass is 16.6. The molecule has 464 valence electrons. The summed E-state index contributed by atoms with van der Waals surface area (Å²) >= 11 is 0. The van der Waals surface area contributed by atoms with E-state index >= 15 is 0 Å².